The van der Waals surface area contributed by atoms with Gasteiger partial charge in [0, 0.05) is 42.8 Å². The third kappa shape index (κ3) is 3.07. The lowest BCUT2D eigenvalue weighted by Crippen LogP contribution is -2.48. The molecule has 0 aliphatic carbocycles. The van der Waals surface area contributed by atoms with Gasteiger partial charge >= 0.3 is 0 Å². The summed E-state index contributed by atoms with van der Waals surface area (Å²) in [5.74, 6) is 0.0992. The monoisotopic (exact) mass is 347 g/mol. The molecule has 1 aliphatic heterocycles. The number of carbonyl (C=O) groups is 1. The largest absolute Gasteiger partial charge is 0.368 e. The van der Waals surface area contributed by atoms with Gasteiger partial charge in [0.15, 0.2) is 0 Å². The molecular weight excluding hydrogens is 322 g/mol. The number of nitrogens with one attached hydrogen (secondary N) is 1. The van der Waals surface area contributed by atoms with Gasteiger partial charge in [0.05, 0.1) is 0 Å². The maximum Gasteiger partial charge on any atom is 0.270 e. The second-order valence-corrected chi connectivity index (χ2v) is 7.34. The van der Waals surface area contributed by atoms with E-state index in [0.717, 1.165) is 37.1 Å². The van der Waals surface area contributed by atoms with Gasteiger partial charge in [-0.2, -0.15) is 0 Å². The first-order valence-electron chi connectivity index (χ1n) is 9.22. The number of aromatic nitrogens is 1. The van der Waals surface area contributed by atoms with E-state index in [1.165, 1.54) is 22.4 Å². The number of aryl methyl sites for hydroxylation is 3. The second-order valence-electron chi connectivity index (χ2n) is 7.34. The summed E-state index contributed by atoms with van der Waals surface area (Å²) in [5, 5.41) is 1.14. The molecule has 1 aliphatic rings. The summed E-state index contributed by atoms with van der Waals surface area (Å²) in [6, 6.07) is 14.8. The molecule has 1 fully saturated rings. The van der Waals surface area contributed by atoms with Crippen LogP contribution in [-0.4, -0.2) is 42.0 Å². The normalized spacial score (nSPS) is 14.9. The van der Waals surface area contributed by atoms with Crippen molar-refractivity contribution in [2.75, 3.05) is 31.1 Å². The number of hydrogen-bond donors (Lipinski definition) is 1. The highest BCUT2D eigenvalue weighted by Gasteiger charge is 2.23. The van der Waals surface area contributed by atoms with Gasteiger partial charge in [0.1, 0.15) is 5.69 Å². The Bertz CT molecular complexity index is 965. The Balaban J connectivity index is 1.49. The van der Waals surface area contributed by atoms with Crippen LogP contribution in [0, 0.1) is 20.8 Å². The summed E-state index contributed by atoms with van der Waals surface area (Å²) in [6.45, 7) is 9.53. The maximum atomic E-state index is 12.9. The van der Waals surface area contributed by atoms with Gasteiger partial charge in [-0.1, -0.05) is 18.2 Å². The van der Waals surface area contributed by atoms with Crippen LogP contribution < -0.4 is 4.90 Å². The quantitative estimate of drug-likeness (QED) is 0.759. The minimum atomic E-state index is 0.0992. The zero-order valence-electron chi connectivity index (χ0n) is 15.7. The van der Waals surface area contributed by atoms with Crippen molar-refractivity contribution in [2.24, 2.45) is 0 Å². The molecule has 1 aromatic heterocycles. The lowest BCUT2D eigenvalue weighted by Gasteiger charge is -2.36. The van der Waals surface area contributed by atoms with Gasteiger partial charge in [0.2, 0.25) is 0 Å². The van der Waals surface area contributed by atoms with Crippen LogP contribution in [0.25, 0.3) is 10.9 Å². The molecule has 1 N–H and O–H groups in total. The van der Waals surface area contributed by atoms with E-state index in [-0.39, 0.29) is 5.91 Å². The van der Waals surface area contributed by atoms with Crippen LogP contribution in [0.2, 0.25) is 0 Å². The van der Waals surface area contributed by atoms with Crippen molar-refractivity contribution in [1.29, 1.82) is 0 Å². The molecule has 0 radical (unpaired) electrons. The SMILES string of the molecule is Cc1cccc(N2CCN(C(=O)c3cc4c(C)cc(C)cc4[nH]3)CC2)c1. The van der Waals surface area contributed by atoms with Crippen LogP contribution in [0.15, 0.2) is 42.5 Å². The van der Waals surface area contributed by atoms with Crippen molar-refractivity contribution in [2.45, 2.75) is 20.8 Å². The molecule has 134 valence electrons. The Hall–Kier alpha value is -2.75. The van der Waals surface area contributed by atoms with Gasteiger partial charge in [-0.3, -0.25) is 4.79 Å². The summed E-state index contributed by atoms with van der Waals surface area (Å²) < 4.78 is 0. The number of carbonyl (C=O) groups excluding carboxylic acids is 1. The van der Waals surface area contributed by atoms with Crippen molar-refractivity contribution in [3.63, 3.8) is 0 Å². The number of piperazine rings is 1. The maximum absolute atomic E-state index is 12.9. The molecular formula is C22H25N3O. The number of nitrogens with zero attached hydrogens (tertiary/aromatic N) is 2. The minimum Gasteiger partial charge on any atom is -0.368 e. The molecule has 0 saturated carbocycles. The number of fused-ring (bicyclic) bond motifs is 1. The van der Waals surface area contributed by atoms with E-state index >= 15 is 0 Å². The average Bonchev–Trinajstić information content (AvgIpc) is 3.05. The zero-order chi connectivity index (χ0) is 18.3. The molecule has 4 rings (SSSR count). The highest BCUT2D eigenvalue weighted by Crippen LogP contribution is 2.23. The number of amides is 1. The van der Waals surface area contributed by atoms with Gasteiger partial charge in [-0.05, 0) is 61.7 Å². The van der Waals surface area contributed by atoms with E-state index in [0.29, 0.717) is 5.69 Å². The van der Waals surface area contributed by atoms with Gasteiger partial charge in [-0.25, -0.2) is 0 Å². The van der Waals surface area contributed by atoms with E-state index < -0.39 is 0 Å². The predicted octanol–water partition coefficient (Wildman–Crippen LogP) is 4.06. The van der Waals surface area contributed by atoms with Gasteiger partial charge < -0.3 is 14.8 Å². The zero-order valence-corrected chi connectivity index (χ0v) is 15.7. The van der Waals surface area contributed by atoms with Crippen LogP contribution in [0.1, 0.15) is 27.2 Å². The Morgan fingerprint density at radius 3 is 2.42 bits per heavy atom. The lowest BCUT2D eigenvalue weighted by atomic mass is 10.1. The minimum absolute atomic E-state index is 0.0992. The van der Waals surface area contributed by atoms with Crippen LogP contribution in [0.5, 0.6) is 0 Å². The summed E-state index contributed by atoms with van der Waals surface area (Å²) in [4.78, 5) is 20.6. The van der Waals surface area contributed by atoms with E-state index in [4.69, 9.17) is 0 Å². The number of aromatic amines is 1. The Labute approximate surface area is 154 Å². The molecule has 26 heavy (non-hydrogen) atoms. The van der Waals surface area contributed by atoms with E-state index in [2.05, 4.69) is 67.1 Å². The lowest BCUT2D eigenvalue weighted by molar-refractivity contribution is 0.0742. The molecule has 4 heteroatoms. The third-order valence-corrected chi connectivity index (χ3v) is 5.25. The summed E-state index contributed by atoms with van der Waals surface area (Å²) in [5.41, 5.74) is 6.67. The first-order chi connectivity index (χ1) is 12.5. The molecule has 0 spiro atoms. The van der Waals surface area contributed by atoms with E-state index in [9.17, 15) is 4.79 Å². The molecule has 0 atom stereocenters. The Kier molecular flexibility index (Phi) is 4.19. The molecule has 4 nitrogen and oxygen atoms in total. The number of anilines is 1. The summed E-state index contributed by atoms with van der Waals surface area (Å²) >= 11 is 0. The van der Waals surface area contributed by atoms with E-state index in [1.807, 2.05) is 11.0 Å². The fourth-order valence-electron chi connectivity index (χ4n) is 3.88. The molecule has 1 saturated heterocycles. The number of H-pyrrole nitrogens is 1. The van der Waals surface area contributed by atoms with Crippen molar-refractivity contribution in [3.05, 3.63) is 64.8 Å². The van der Waals surface area contributed by atoms with Crippen LogP contribution in [0.4, 0.5) is 5.69 Å². The average molecular weight is 347 g/mol. The van der Waals surface area contributed by atoms with Gasteiger partial charge in [-0.15, -0.1) is 0 Å². The van der Waals surface area contributed by atoms with Crippen LogP contribution >= 0.6 is 0 Å². The molecule has 3 aromatic rings. The van der Waals surface area contributed by atoms with Crippen molar-refractivity contribution < 1.29 is 4.79 Å². The molecule has 1 amide bonds. The Morgan fingerprint density at radius 1 is 0.923 bits per heavy atom. The van der Waals surface area contributed by atoms with Crippen LogP contribution in [-0.2, 0) is 0 Å². The van der Waals surface area contributed by atoms with E-state index in [1.54, 1.807) is 0 Å². The fraction of sp³-hybridized carbons (Fsp3) is 0.318. The highest BCUT2D eigenvalue weighted by molar-refractivity contribution is 5.99. The highest BCUT2D eigenvalue weighted by atomic mass is 16.2. The second kappa shape index (κ2) is 6.52. The van der Waals surface area contributed by atoms with Crippen molar-refractivity contribution in [3.8, 4) is 0 Å². The topological polar surface area (TPSA) is 39.3 Å². The molecule has 0 bridgehead atoms. The Morgan fingerprint density at radius 2 is 1.69 bits per heavy atom. The standard InChI is InChI=1S/C22H25N3O/c1-15-5-4-6-18(12-15)24-7-9-25(10-8-24)22(26)21-14-19-17(3)11-16(2)13-20(19)23-21/h4-6,11-14,23H,7-10H2,1-3H3. The van der Waals surface area contributed by atoms with Crippen LogP contribution in [0.3, 0.4) is 0 Å². The first kappa shape index (κ1) is 16.7. The van der Waals surface area contributed by atoms with Crippen molar-refractivity contribution >= 4 is 22.5 Å². The number of benzene rings is 2. The molecule has 2 aromatic carbocycles. The predicted molar refractivity (Wildman–Crippen MR) is 107 cm³/mol. The third-order valence-electron chi connectivity index (χ3n) is 5.25. The number of hydrogen-bond acceptors (Lipinski definition) is 2. The number of rotatable bonds is 2. The van der Waals surface area contributed by atoms with Gasteiger partial charge in [0.25, 0.3) is 5.91 Å². The first-order valence-corrected chi connectivity index (χ1v) is 9.22. The summed E-state index contributed by atoms with van der Waals surface area (Å²) in [6.07, 6.45) is 0. The van der Waals surface area contributed by atoms with Crippen molar-refractivity contribution in [1.82, 2.24) is 9.88 Å². The smallest absolute Gasteiger partial charge is 0.270 e. The fourth-order valence-corrected chi connectivity index (χ4v) is 3.88. The molecule has 0 unspecified atom stereocenters. The molecule has 2 heterocycles. The summed E-state index contributed by atoms with van der Waals surface area (Å²) in [7, 11) is 0.